The summed E-state index contributed by atoms with van der Waals surface area (Å²) < 4.78 is 6.38. The molecule has 0 aliphatic heterocycles. The molecule has 1 amide bonds. The second-order valence-electron chi connectivity index (χ2n) is 5.21. The molecular formula is C17H16BrN3O2S. The number of carbonyl (C=O) groups excluding carboxylic acids is 1. The van der Waals surface area contributed by atoms with Gasteiger partial charge in [-0.1, -0.05) is 40.1 Å². The highest BCUT2D eigenvalue weighted by Gasteiger charge is 2.12. The largest absolute Gasteiger partial charge is 0.351 e. The van der Waals surface area contributed by atoms with E-state index in [-0.39, 0.29) is 5.91 Å². The van der Waals surface area contributed by atoms with E-state index in [0.717, 1.165) is 19.8 Å². The Morgan fingerprint density at radius 3 is 2.79 bits per heavy atom. The van der Waals surface area contributed by atoms with Crippen LogP contribution in [0.1, 0.15) is 29.7 Å². The molecule has 0 aliphatic rings. The van der Waals surface area contributed by atoms with Crippen LogP contribution in [-0.4, -0.2) is 16.0 Å². The molecule has 0 aliphatic carbocycles. The Hall–Kier alpha value is -1.99. The Kier molecular flexibility index (Phi) is 5.42. The number of hydrogen-bond acceptors (Lipinski definition) is 5. The van der Waals surface area contributed by atoms with Crippen molar-refractivity contribution in [1.29, 1.82) is 0 Å². The zero-order chi connectivity index (χ0) is 16.9. The summed E-state index contributed by atoms with van der Waals surface area (Å²) in [5.41, 5.74) is 1.11. The number of rotatable bonds is 6. The van der Waals surface area contributed by atoms with Crippen LogP contribution in [0.4, 0.5) is 0 Å². The Bertz CT molecular complexity index is 826. The van der Waals surface area contributed by atoms with Gasteiger partial charge in [0.15, 0.2) is 0 Å². The number of aromatic nitrogens is 2. The van der Waals surface area contributed by atoms with Crippen LogP contribution in [0.3, 0.4) is 0 Å². The minimum atomic E-state index is 0.0429. The molecule has 7 heteroatoms. The molecule has 1 aromatic carbocycles. The van der Waals surface area contributed by atoms with E-state index >= 15 is 0 Å². The van der Waals surface area contributed by atoms with E-state index < -0.39 is 0 Å². The average molecular weight is 406 g/mol. The van der Waals surface area contributed by atoms with Gasteiger partial charge < -0.3 is 9.84 Å². The van der Waals surface area contributed by atoms with Crippen LogP contribution >= 0.6 is 27.3 Å². The first-order chi connectivity index (χ1) is 11.6. The number of nitrogens with zero attached hydrogens (tertiary/aromatic N) is 2. The molecule has 5 nitrogen and oxygen atoms in total. The zero-order valence-electron chi connectivity index (χ0n) is 13.1. The smallest absolute Gasteiger partial charge is 0.231 e. The fourth-order valence-electron chi connectivity index (χ4n) is 2.11. The molecule has 0 spiro atoms. The first-order valence-electron chi connectivity index (χ1n) is 7.57. The summed E-state index contributed by atoms with van der Waals surface area (Å²) in [6.07, 6.45) is 1.09. The van der Waals surface area contributed by atoms with Gasteiger partial charge in [-0.15, -0.1) is 11.3 Å². The highest BCUT2D eigenvalue weighted by Crippen LogP contribution is 2.26. The Labute approximate surface area is 152 Å². The molecule has 124 valence electrons. The minimum Gasteiger partial charge on any atom is -0.351 e. The monoisotopic (exact) mass is 405 g/mol. The highest BCUT2D eigenvalue weighted by molar-refractivity contribution is 9.10. The predicted octanol–water partition coefficient (Wildman–Crippen LogP) is 4.18. The lowest BCUT2D eigenvalue weighted by atomic mass is 10.1. The molecule has 0 bridgehead atoms. The van der Waals surface area contributed by atoms with Crippen molar-refractivity contribution in [3.05, 3.63) is 57.2 Å². The Balaban J connectivity index is 1.66. The maximum atomic E-state index is 11.3. The van der Waals surface area contributed by atoms with Crippen molar-refractivity contribution in [2.45, 2.75) is 26.3 Å². The SMILES string of the molecule is CCC(=O)NCc1ccc(-c2noc(Cc3ccc(Br)cc3)n2)s1. The van der Waals surface area contributed by atoms with Crippen molar-refractivity contribution in [2.75, 3.05) is 0 Å². The van der Waals surface area contributed by atoms with E-state index in [1.54, 1.807) is 11.3 Å². The van der Waals surface area contributed by atoms with Crippen molar-refractivity contribution >= 4 is 33.2 Å². The van der Waals surface area contributed by atoms with Gasteiger partial charge in [0.05, 0.1) is 17.8 Å². The lowest BCUT2D eigenvalue weighted by Crippen LogP contribution is -2.20. The summed E-state index contributed by atoms with van der Waals surface area (Å²) in [5.74, 6) is 1.21. The lowest BCUT2D eigenvalue weighted by Gasteiger charge is -1.99. The molecule has 0 saturated carbocycles. The second-order valence-corrected chi connectivity index (χ2v) is 7.30. The van der Waals surface area contributed by atoms with Gasteiger partial charge in [0.2, 0.25) is 17.6 Å². The molecule has 0 fully saturated rings. The first kappa shape index (κ1) is 16.9. The Morgan fingerprint density at radius 1 is 1.25 bits per heavy atom. The van der Waals surface area contributed by atoms with Gasteiger partial charge in [-0.3, -0.25) is 4.79 Å². The van der Waals surface area contributed by atoms with Gasteiger partial charge in [0.1, 0.15) is 0 Å². The molecule has 3 aromatic rings. The van der Waals surface area contributed by atoms with Gasteiger partial charge in [-0.25, -0.2) is 0 Å². The normalized spacial score (nSPS) is 10.8. The van der Waals surface area contributed by atoms with Crippen molar-refractivity contribution in [3.8, 4) is 10.7 Å². The van der Waals surface area contributed by atoms with Crippen molar-refractivity contribution in [3.63, 3.8) is 0 Å². The van der Waals surface area contributed by atoms with Crippen LogP contribution in [0.2, 0.25) is 0 Å². The standard InChI is InChI=1S/C17H16BrN3O2S/c1-2-15(22)19-10-13-7-8-14(24-13)17-20-16(23-21-17)9-11-3-5-12(18)6-4-11/h3-8H,2,9-10H2,1H3,(H,19,22). The molecule has 1 N–H and O–H groups in total. The number of benzene rings is 1. The maximum absolute atomic E-state index is 11.3. The number of hydrogen-bond donors (Lipinski definition) is 1. The van der Waals surface area contributed by atoms with Crippen LogP contribution in [-0.2, 0) is 17.8 Å². The summed E-state index contributed by atoms with van der Waals surface area (Å²) in [5, 5.41) is 6.91. The molecule has 0 atom stereocenters. The number of nitrogens with one attached hydrogen (secondary N) is 1. The van der Waals surface area contributed by atoms with Crippen LogP contribution < -0.4 is 5.32 Å². The summed E-state index contributed by atoms with van der Waals surface area (Å²) >= 11 is 4.97. The van der Waals surface area contributed by atoms with Crippen molar-refractivity contribution in [2.24, 2.45) is 0 Å². The van der Waals surface area contributed by atoms with Gasteiger partial charge in [-0.05, 0) is 29.8 Å². The number of thiophene rings is 1. The fraction of sp³-hybridized carbons (Fsp3) is 0.235. The van der Waals surface area contributed by atoms with E-state index in [0.29, 0.717) is 31.1 Å². The summed E-state index contributed by atoms with van der Waals surface area (Å²) in [4.78, 5) is 17.8. The number of carbonyl (C=O) groups is 1. The Morgan fingerprint density at radius 2 is 2.04 bits per heavy atom. The molecule has 24 heavy (non-hydrogen) atoms. The number of halogens is 1. The van der Waals surface area contributed by atoms with E-state index in [4.69, 9.17) is 4.52 Å². The zero-order valence-corrected chi connectivity index (χ0v) is 15.5. The molecule has 2 aromatic heterocycles. The fourth-order valence-corrected chi connectivity index (χ4v) is 3.24. The van der Waals surface area contributed by atoms with Crippen LogP contribution in [0.15, 0.2) is 45.4 Å². The van der Waals surface area contributed by atoms with E-state index in [2.05, 4.69) is 31.4 Å². The molecule has 0 radical (unpaired) electrons. The van der Waals surface area contributed by atoms with Gasteiger partial charge in [0, 0.05) is 15.8 Å². The third-order valence-corrected chi connectivity index (χ3v) is 5.01. The molecule has 3 rings (SSSR count). The molecular weight excluding hydrogens is 390 g/mol. The summed E-state index contributed by atoms with van der Waals surface area (Å²) in [7, 11) is 0. The third kappa shape index (κ3) is 4.30. The lowest BCUT2D eigenvalue weighted by molar-refractivity contribution is -0.120. The third-order valence-electron chi connectivity index (χ3n) is 3.40. The molecule has 0 unspecified atom stereocenters. The minimum absolute atomic E-state index is 0.0429. The topological polar surface area (TPSA) is 68.0 Å². The van der Waals surface area contributed by atoms with Crippen LogP contribution in [0.5, 0.6) is 0 Å². The number of amides is 1. The average Bonchev–Trinajstić information content (AvgIpc) is 3.24. The first-order valence-corrected chi connectivity index (χ1v) is 9.18. The summed E-state index contributed by atoms with van der Waals surface area (Å²) in [6.45, 7) is 2.36. The molecule has 2 heterocycles. The van der Waals surface area contributed by atoms with Crippen molar-refractivity contribution in [1.82, 2.24) is 15.5 Å². The maximum Gasteiger partial charge on any atom is 0.231 e. The van der Waals surface area contributed by atoms with Gasteiger partial charge in [0.25, 0.3) is 0 Å². The van der Waals surface area contributed by atoms with Crippen molar-refractivity contribution < 1.29 is 9.32 Å². The van der Waals surface area contributed by atoms with E-state index in [1.165, 1.54) is 0 Å². The van der Waals surface area contributed by atoms with E-state index in [1.807, 2.05) is 43.3 Å². The molecule has 0 saturated heterocycles. The van der Waals surface area contributed by atoms with Gasteiger partial charge >= 0.3 is 0 Å². The van der Waals surface area contributed by atoms with Crippen LogP contribution in [0.25, 0.3) is 10.7 Å². The van der Waals surface area contributed by atoms with Gasteiger partial charge in [-0.2, -0.15) is 4.98 Å². The summed E-state index contributed by atoms with van der Waals surface area (Å²) in [6, 6.07) is 11.9. The predicted molar refractivity (Wildman–Crippen MR) is 96.7 cm³/mol. The second kappa shape index (κ2) is 7.72. The highest BCUT2D eigenvalue weighted by atomic mass is 79.9. The van der Waals surface area contributed by atoms with Crippen LogP contribution in [0, 0.1) is 0 Å². The van der Waals surface area contributed by atoms with E-state index in [9.17, 15) is 4.79 Å². The quantitative estimate of drug-likeness (QED) is 0.667.